The highest BCUT2D eigenvalue weighted by Crippen LogP contribution is 2.16. The molecule has 0 saturated heterocycles. The molecule has 0 aromatic rings. The predicted octanol–water partition coefficient (Wildman–Crippen LogP) is 17.2. The van der Waals surface area contributed by atoms with E-state index in [9.17, 15) is 19.5 Å². The molecule has 72 heavy (non-hydrogen) atoms. The first-order valence-electron chi connectivity index (χ1n) is 29.3. The molecule has 2 atom stereocenters. The smallest absolute Gasteiger partial charge is 0.361 e. The van der Waals surface area contributed by atoms with Gasteiger partial charge >= 0.3 is 17.9 Å². The molecule has 0 aromatic heterocycles. The second kappa shape index (κ2) is 53.8. The van der Waals surface area contributed by atoms with Gasteiger partial charge < -0.3 is 28.5 Å². The van der Waals surface area contributed by atoms with E-state index < -0.39 is 24.3 Å². The molecule has 2 unspecified atom stereocenters. The summed E-state index contributed by atoms with van der Waals surface area (Å²) in [6.45, 7) is 4.76. The summed E-state index contributed by atoms with van der Waals surface area (Å²) in [7, 11) is 5.96. The van der Waals surface area contributed by atoms with Gasteiger partial charge in [-0.05, 0) is 70.6 Å². The third-order valence-corrected chi connectivity index (χ3v) is 12.4. The van der Waals surface area contributed by atoms with Gasteiger partial charge in [0.15, 0.2) is 6.10 Å². The number of hydrogen-bond acceptors (Lipinski definition) is 7. The van der Waals surface area contributed by atoms with Crippen LogP contribution in [0.2, 0.25) is 0 Å². The SMILES string of the molecule is CC/C=C\C/C=C\C/C=C\C/C=C\C/C=C\C/C=C\C/C=C\CCCCCCCC(=O)OC(COC(=O)CCCCCCCCCCCCCCCCCCCCCC)COC(OCC[N+](C)(C)C)C(=O)O. The first-order chi connectivity index (χ1) is 35.1. The summed E-state index contributed by atoms with van der Waals surface area (Å²) in [5.41, 5.74) is 0. The van der Waals surface area contributed by atoms with Gasteiger partial charge in [0.1, 0.15) is 13.2 Å². The van der Waals surface area contributed by atoms with Crippen LogP contribution in [0.15, 0.2) is 85.1 Å². The monoisotopic (exact) mass is 1010 g/mol. The van der Waals surface area contributed by atoms with E-state index in [4.69, 9.17) is 18.9 Å². The minimum Gasteiger partial charge on any atom is -0.477 e. The van der Waals surface area contributed by atoms with Crippen LogP contribution in [0.3, 0.4) is 0 Å². The Morgan fingerprint density at radius 1 is 0.431 bits per heavy atom. The molecule has 0 aliphatic carbocycles. The fraction of sp³-hybridized carbons (Fsp3) is 0.730. The zero-order valence-corrected chi connectivity index (χ0v) is 47.1. The van der Waals surface area contributed by atoms with Crippen molar-refractivity contribution in [2.75, 3.05) is 47.5 Å². The van der Waals surface area contributed by atoms with Crippen molar-refractivity contribution in [2.45, 2.75) is 251 Å². The number of esters is 2. The number of carboxylic acid groups (broad SMARTS) is 1. The van der Waals surface area contributed by atoms with Crippen molar-refractivity contribution in [3.05, 3.63) is 85.1 Å². The number of quaternary nitrogens is 1. The van der Waals surface area contributed by atoms with Crippen molar-refractivity contribution < 1.29 is 42.9 Å². The van der Waals surface area contributed by atoms with E-state index in [1.807, 2.05) is 21.1 Å². The topological polar surface area (TPSA) is 108 Å². The maximum absolute atomic E-state index is 12.9. The number of unbranched alkanes of at least 4 members (excludes halogenated alkanes) is 24. The molecule has 0 bridgehead atoms. The molecule has 0 fully saturated rings. The zero-order valence-electron chi connectivity index (χ0n) is 47.1. The molecular weight excluding hydrogens is 899 g/mol. The van der Waals surface area contributed by atoms with E-state index in [1.165, 1.54) is 109 Å². The van der Waals surface area contributed by atoms with Gasteiger partial charge in [-0.2, -0.15) is 0 Å². The Kier molecular flexibility index (Phi) is 51.1. The maximum atomic E-state index is 12.9. The minimum atomic E-state index is -1.52. The Morgan fingerprint density at radius 3 is 1.18 bits per heavy atom. The third kappa shape index (κ3) is 54.2. The van der Waals surface area contributed by atoms with E-state index in [-0.39, 0.29) is 32.2 Å². The van der Waals surface area contributed by atoms with Gasteiger partial charge in [0.25, 0.3) is 6.29 Å². The Morgan fingerprint density at radius 2 is 0.792 bits per heavy atom. The van der Waals surface area contributed by atoms with Crippen LogP contribution in [0.25, 0.3) is 0 Å². The summed E-state index contributed by atoms with van der Waals surface area (Å²) in [6.07, 6.45) is 68.0. The van der Waals surface area contributed by atoms with Gasteiger partial charge in [-0.3, -0.25) is 9.59 Å². The molecule has 9 heteroatoms. The summed E-state index contributed by atoms with van der Waals surface area (Å²) in [6, 6.07) is 0. The van der Waals surface area contributed by atoms with Crippen LogP contribution < -0.4 is 0 Å². The van der Waals surface area contributed by atoms with E-state index in [2.05, 4.69) is 98.9 Å². The molecular formula is C63H110NO8+. The molecule has 0 aliphatic heterocycles. The van der Waals surface area contributed by atoms with E-state index in [1.54, 1.807) is 0 Å². The van der Waals surface area contributed by atoms with Crippen LogP contribution in [-0.4, -0.2) is 87.4 Å². The molecule has 9 nitrogen and oxygen atoms in total. The molecule has 1 N–H and O–H groups in total. The number of nitrogens with zero attached hydrogens (tertiary/aromatic N) is 1. The second-order valence-corrected chi connectivity index (χ2v) is 20.6. The molecule has 0 saturated carbocycles. The summed E-state index contributed by atoms with van der Waals surface area (Å²) < 4.78 is 22.9. The molecule has 414 valence electrons. The number of aliphatic carboxylic acids is 1. The normalized spacial score (nSPS) is 13.4. The summed E-state index contributed by atoms with van der Waals surface area (Å²) >= 11 is 0. The van der Waals surface area contributed by atoms with Crippen molar-refractivity contribution in [3.8, 4) is 0 Å². The average molecular weight is 1010 g/mol. The first kappa shape index (κ1) is 68.5. The minimum absolute atomic E-state index is 0.181. The highest BCUT2D eigenvalue weighted by Gasteiger charge is 2.25. The molecule has 0 amide bonds. The lowest BCUT2D eigenvalue weighted by Crippen LogP contribution is -2.40. The van der Waals surface area contributed by atoms with Crippen LogP contribution in [0.5, 0.6) is 0 Å². The van der Waals surface area contributed by atoms with Crippen molar-refractivity contribution in [1.29, 1.82) is 0 Å². The standard InChI is InChI=1S/C63H109NO8/c1-6-8-10-12-14-16-18-20-22-24-26-28-29-30-31-32-33-34-36-38-40-42-44-46-48-50-52-54-61(66)72-59(58-71-63(62(67)68)69-56-55-64(3,4)5)57-70-60(65)53-51-49-47-45-43-41-39-37-35-27-25-23-21-19-17-15-13-11-9-7-2/h8,10,14,16,20,22,26,28,30-31,33-34,38,40,59,63H,6-7,9,11-13,15,17-19,21,23-25,27,29,32,35-37,39,41-58H2,1-5H3/p+1/b10-8-,16-14-,22-20-,28-26-,31-30-,34-33-,40-38-. The molecule has 0 radical (unpaired) electrons. The van der Waals surface area contributed by atoms with E-state index >= 15 is 0 Å². The Labute approximate surface area is 442 Å². The Bertz CT molecular complexity index is 1450. The molecule has 0 aromatic carbocycles. The van der Waals surface area contributed by atoms with Crippen LogP contribution in [-0.2, 0) is 33.3 Å². The van der Waals surface area contributed by atoms with Crippen LogP contribution in [0.4, 0.5) is 0 Å². The van der Waals surface area contributed by atoms with Crippen LogP contribution in [0, 0.1) is 0 Å². The third-order valence-electron chi connectivity index (χ3n) is 12.4. The summed E-state index contributed by atoms with van der Waals surface area (Å²) in [4.78, 5) is 37.4. The number of carbonyl (C=O) groups excluding carboxylic acids is 2. The highest BCUT2D eigenvalue weighted by molar-refractivity contribution is 5.71. The van der Waals surface area contributed by atoms with Gasteiger partial charge in [0.2, 0.25) is 0 Å². The number of hydrogen-bond donors (Lipinski definition) is 1. The van der Waals surface area contributed by atoms with Gasteiger partial charge in [0, 0.05) is 12.8 Å². The summed E-state index contributed by atoms with van der Waals surface area (Å²) in [5, 5.41) is 9.70. The first-order valence-corrected chi connectivity index (χ1v) is 29.3. The van der Waals surface area contributed by atoms with Crippen molar-refractivity contribution >= 4 is 17.9 Å². The molecule has 0 heterocycles. The van der Waals surface area contributed by atoms with Crippen LogP contribution in [0.1, 0.15) is 239 Å². The van der Waals surface area contributed by atoms with Crippen molar-refractivity contribution in [2.24, 2.45) is 0 Å². The Hall–Kier alpha value is -3.53. The van der Waals surface area contributed by atoms with Crippen molar-refractivity contribution in [1.82, 2.24) is 0 Å². The van der Waals surface area contributed by atoms with Gasteiger partial charge in [-0.25, -0.2) is 4.79 Å². The second-order valence-electron chi connectivity index (χ2n) is 20.6. The molecule has 0 aliphatic rings. The number of carboxylic acids is 1. The lowest BCUT2D eigenvalue weighted by Gasteiger charge is -2.25. The summed E-state index contributed by atoms with van der Waals surface area (Å²) in [5.74, 6) is -2.03. The number of carbonyl (C=O) groups is 3. The highest BCUT2D eigenvalue weighted by atomic mass is 16.7. The fourth-order valence-corrected chi connectivity index (χ4v) is 7.94. The van der Waals surface area contributed by atoms with E-state index in [0.717, 1.165) is 96.3 Å². The van der Waals surface area contributed by atoms with Gasteiger partial charge in [-0.1, -0.05) is 240 Å². The zero-order chi connectivity index (χ0) is 52.7. The number of ether oxygens (including phenoxy) is 4. The predicted molar refractivity (Wildman–Crippen MR) is 304 cm³/mol. The largest absolute Gasteiger partial charge is 0.477 e. The number of rotatable bonds is 53. The molecule has 0 spiro atoms. The average Bonchev–Trinajstić information content (AvgIpc) is 3.35. The Balaban J connectivity index is 4.31. The fourth-order valence-electron chi connectivity index (χ4n) is 7.94. The quantitative estimate of drug-likeness (QED) is 0.0211. The number of allylic oxidation sites excluding steroid dienone is 14. The van der Waals surface area contributed by atoms with Crippen LogP contribution >= 0.6 is 0 Å². The van der Waals surface area contributed by atoms with Gasteiger partial charge in [-0.15, -0.1) is 0 Å². The maximum Gasteiger partial charge on any atom is 0.361 e. The lowest BCUT2D eigenvalue weighted by molar-refractivity contribution is -0.870. The molecule has 0 rings (SSSR count). The van der Waals surface area contributed by atoms with E-state index in [0.29, 0.717) is 23.9 Å². The lowest BCUT2D eigenvalue weighted by atomic mass is 10.0. The van der Waals surface area contributed by atoms with Crippen molar-refractivity contribution in [3.63, 3.8) is 0 Å². The van der Waals surface area contributed by atoms with Gasteiger partial charge in [0.05, 0.1) is 34.4 Å². The number of likely N-dealkylation sites (N-methyl/N-ethyl adjacent to an activating group) is 1.